The summed E-state index contributed by atoms with van der Waals surface area (Å²) < 4.78 is 0. The van der Waals surface area contributed by atoms with Crippen LogP contribution < -0.4 is 0 Å². The third-order valence-corrected chi connectivity index (χ3v) is 5.29. The minimum absolute atomic E-state index is 0.840. The second-order valence-electron chi connectivity index (χ2n) is 5.89. The largest absolute Gasteiger partial charge is 0.300 e. The molecule has 1 aromatic rings. The molecule has 1 aromatic carbocycles. The first kappa shape index (κ1) is 9.23. The number of rotatable bonds is 0. The van der Waals surface area contributed by atoms with Gasteiger partial charge < -0.3 is 0 Å². The first-order valence-electron chi connectivity index (χ1n) is 6.64. The Bertz CT molecular complexity index is 425. The zero-order valence-corrected chi connectivity index (χ0v) is 9.89. The van der Waals surface area contributed by atoms with Crippen LogP contribution in [0.4, 0.5) is 0 Å². The van der Waals surface area contributed by atoms with Gasteiger partial charge in [0.15, 0.2) is 0 Å². The van der Waals surface area contributed by atoms with Gasteiger partial charge in [0.2, 0.25) is 0 Å². The van der Waals surface area contributed by atoms with Crippen LogP contribution in [-0.4, -0.2) is 24.0 Å². The van der Waals surface area contributed by atoms with Gasteiger partial charge in [0.1, 0.15) is 0 Å². The third-order valence-electron chi connectivity index (χ3n) is 5.29. The van der Waals surface area contributed by atoms with E-state index in [4.69, 9.17) is 0 Å². The summed E-state index contributed by atoms with van der Waals surface area (Å²) in [5.41, 5.74) is 3.31. The van der Waals surface area contributed by atoms with Gasteiger partial charge in [-0.25, -0.2) is 0 Å². The molecule has 3 aliphatic rings. The Morgan fingerprint density at radius 2 is 2.06 bits per heavy atom. The average Bonchev–Trinajstić information content (AvgIpc) is 2.76. The van der Waals surface area contributed by atoms with E-state index in [0.29, 0.717) is 0 Å². The van der Waals surface area contributed by atoms with Crippen LogP contribution in [-0.2, 0) is 6.42 Å². The minimum atomic E-state index is 0.840. The molecule has 0 amide bonds. The van der Waals surface area contributed by atoms with E-state index in [2.05, 4.69) is 36.2 Å². The molecule has 1 aliphatic carbocycles. The molecular formula is C15H19N. The number of likely N-dealkylation sites (N-methyl/N-ethyl adjacent to an activating group) is 1. The van der Waals surface area contributed by atoms with Gasteiger partial charge in [-0.15, -0.1) is 0 Å². The highest BCUT2D eigenvalue weighted by molar-refractivity contribution is 5.39. The molecule has 4 unspecified atom stereocenters. The molecule has 16 heavy (non-hydrogen) atoms. The van der Waals surface area contributed by atoms with Crippen molar-refractivity contribution in [2.75, 3.05) is 7.05 Å². The van der Waals surface area contributed by atoms with E-state index >= 15 is 0 Å². The minimum Gasteiger partial charge on any atom is -0.300 e. The highest BCUT2D eigenvalue weighted by Crippen LogP contribution is 2.52. The Morgan fingerprint density at radius 3 is 3.00 bits per heavy atom. The first-order valence-corrected chi connectivity index (χ1v) is 6.64. The summed E-state index contributed by atoms with van der Waals surface area (Å²) in [5.74, 6) is 1.80. The molecule has 2 heterocycles. The van der Waals surface area contributed by atoms with Crippen molar-refractivity contribution >= 4 is 0 Å². The predicted molar refractivity (Wildman–Crippen MR) is 65.6 cm³/mol. The Kier molecular flexibility index (Phi) is 1.79. The van der Waals surface area contributed by atoms with Crippen molar-refractivity contribution in [3.8, 4) is 0 Å². The third kappa shape index (κ3) is 1.05. The molecular weight excluding hydrogens is 194 g/mol. The molecule has 2 bridgehead atoms. The maximum atomic E-state index is 2.67. The summed E-state index contributed by atoms with van der Waals surface area (Å²) in [4.78, 5) is 2.67. The topological polar surface area (TPSA) is 3.24 Å². The fourth-order valence-electron chi connectivity index (χ4n) is 4.57. The van der Waals surface area contributed by atoms with Crippen LogP contribution in [0.15, 0.2) is 24.3 Å². The van der Waals surface area contributed by atoms with E-state index in [0.717, 1.165) is 23.9 Å². The van der Waals surface area contributed by atoms with Crippen molar-refractivity contribution in [2.45, 2.75) is 43.7 Å². The fraction of sp³-hybridized carbons (Fsp3) is 0.600. The quantitative estimate of drug-likeness (QED) is 0.640. The number of piperidine rings is 1. The Labute approximate surface area is 97.5 Å². The van der Waals surface area contributed by atoms with E-state index in [1.807, 2.05) is 0 Å². The summed E-state index contributed by atoms with van der Waals surface area (Å²) >= 11 is 0. The highest BCUT2D eigenvalue weighted by atomic mass is 15.2. The van der Waals surface area contributed by atoms with Gasteiger partial charge >= 0.3 is 0 Å². The van der Waals surface area contributed by atoms with Crippen LogP contribution in [0.5, 0.6) is 0 Å². The standard InChI is InChI=1S/C15H19N/c1-16-12-6-7-14(16)15-11(9-12)8-10-4-2-3-5-13(10)15/h2-5,11-12,14-15H,6-9H2,1H3. The molecule has 84 valence electrons. The lowest BCUT2D eigenvalue weighted by Crippen LogP contribution is -2.43. The predicted octanol–water partition coefficient (Wildman–Crippen LogP) is 2.81. The number of hydrogen-bond acceptors (Lipinski definition) is 1. The SMILES string of the molecule is CN1C2CCC1C1c3ccccc3CC1C2. The maximum absolute atomic E-state index is 2.67. The van der Waals surface area contributed by atoms with Crippen molar-refractivity contribution in [3.05, 3.63) is 35.4 Å². The van der Waals surface area contributed by atoms with Crippen LogP contribution in [0.1, 0.15) is 36.3 Å². The van der Waals surface area contributed by atoms with E-state index in [1.54, 1.807) is 11.1 Å². The van der Waals surface area contributed by atoms with Gasteiger partial charge in [-0.3, -0.25) is 4.90 Å². The molecule has 2 saturated heterocycles. The van der Waals surface area contributed by atoms with Gasteiger partial charge in [-0.2, -0.15) is 0 Å². The van der Waals surface area contributed by atoms with Gasteiger partial charge in [0.25, 0.3) is 0 Å². The number of hydrogen-bond donors (Lipinski definition) is 0. The molecule has 1 heteroatoms. The smallest absolute Gasteiger partial charge is 0.0167 e. The zero-order chi connectivity index (χ0) is 10.7. The van der Waals surface area contributed by atoms with Crippen molar-refractivity contribution in [3.63, 3.8) is 0 Å². The molecule has 4 rings (SSSR count). The first-order chi connectivity index (χ1) is 7.84. The molecule has 0 N–H and O–H groups in total. The van der Waals surface area contributed by atoms with Gasteiger partial charge in [0.05, 0.1) is 0 Å². The van der Waals surface area contributed by atoms with Gasteiger partial charge in [0, 0.05) is 18.0 Å². The number of fused-ring (bicyclic) bond motifs is 6. The van der Waals surface area contributed by atoms with Crippen molar-refractivity contribution in [1.29, 1.82) is 0 Å². The molecule has 1 nitrogen and oxygen atoms in total. The van der Waals surface area contributed by atoms with E-state index in [-0.39, 0.29) is 0 Å². The van der Waals surface area contributed by atoms with Crippen molar-refractivity contribution in [2.24, 2.45) is 5.92 Å². The van der Waals surface area contributed by atoms with E-state index in [9.17, 15) is 0 Å². The maximum Gasteiger partial charge on any atom is 0.0167 e. The van der Waals surface area contributed by atoms with Crippen LogP contribution in [0.25, 0.3) is 0 Å². The molecule has 4 atom stereocenters. The van der Waals surface area contributed by atoms with Crippen molar-refractivity contribution < 1.29 is 0 Å². The lowest BCUT2D eigenvalue weighted by molar-refractivity contribution is 0.117. The number of benzene rings is 1. The average molecular weight is 213 g/mol. The lowest BCUT2D eigenvalue weighted by Gasteiger charge is -2.40. The summed E-state index contributed by atoms with van der Waals surface area (Å²) in [6.45, 7) is 0. The number of nitrogens with zero attached hydrogens (tertiary/aromatic N) is 1. The zero-order valence-electron chi connectivity index (χ0n) is 9.89. The van der Waals surface area contributed by atoms with E-state index in [1.165, 1.54) is 25.7 Å². The van der Waals surface area contributed by atoms with Crippen LogP contribution in [0.3, 0.4) is 0 Å². The molecule has 2 aliphatic heterocycles. The highest BCUT2D eigenvalue weighted by Gasteiger charge is 2.48. The fourth-order valence-corrected chi connectivity index (χ4v) is 4.57. The van der Waals surface area contributed by atoms with Crippen LogP contribution in [0.2, 0.25) is 0 Å². The normalized spacial score (nSPS) is 40.8. The summed E-state index contributed by atoms with van der Waals surface area (Å²) in [5, 5.41) is 0. The van der Waals surface area contributed by atoms with E-state index < -0.39 is 0 Å². The van der Waals surface area contributed by atoms with Crippen LogP contribution in [0, 0.1) is 5.92 Å². The monoisotopic (exact) mass is 213 g/mol. The molecule has 0 aromatic heterocycles. The van der Waals surface area contributed by atoms with Gasteiger partial charge in [-0.05, 0) is 49.8 Å². The Balaban J connectivity index is 1.80. The molecule has 0 saturated carbocycles. The molecule has 0 spiro atoms. The lowest BCUT2D eigenvalue weighted by atomic mass is 9.81. The Morgan fingerprint density at radius 1 is 1.19 bits per heavy atom. The molecule has 0 radical (unpaired) electrons. The summed E-state index contributed by atoms with van der Waals surface area (Å²) in [7, 11) is 2.35. The van der Waals surface area contributed by atoms with Gasteiger partial charge in [-0.1, -0.05) is 24.3 Å². The Hall–Kier alpha value is -0.820. The van der Waals surface area contributed by atoms with Crippen LogP contribution >= 0.6 is 0 Å². The summed E-state index contributed by atoms with van der Waals surface area (Å²) in [6.07, 6.45) is 5.65. The summed E-state index contributed by atoms with van der Waals surface area (Å²) in [6, 6.07) is 10.9. The second kappa shape index (κ2) is 3.10. The molecule has 2 fully saturated rings. The second-order valence-corrected chi connectivity index (χ2v) is 5.89. The van der Waals surface area contributed by atoms with Crippen molar-refractivity contribution in [1.82, 2.24) is 4.90 Å².